The van der Waals surface area contributed by atoms with Crippen molar-refractivity contribution in [1.29, 1.82) is 0 Å². The Labute approximate surface area is 243 Å². The van der Waals surface area contributed by atoms with Gasteiger partial charge in [-0.2, -0.15) is 0 Å². The minimum absolute atomic E-state index is 0.221. The molecule has 0 spiro atoms. The highest BCUT2D eigenvalue weighted by atomic mass is 16.7. The van der Waals surface area contributed by atoms with E-state index in [4.69, 9.17) is 28.1 Å². The number of hydrogen-bond acceptors (Lipinski definition) is 15. The molecule has 0 radical (unpaired) electrons. The van der Waals surface area contributed by atoms with E-state index in [-0.39, 0.29) is 16.9 Å². The molecule has 8 N–H and O–H groups in total. The summed E-state index contributed by atoms with van der Waals surface area (Å²) >= 11 is 0. The standard InChI is InChI=1S/C28H32O15/c1-9-16(29)21(34)23(36)27(39-9)42-14-8-13-15(19(32)18(14)31)20(33)26(25(41-13)11-4-6-12(38-3)7-5-11)43-28-24(37)22(35)17(30)10(2)40-28/h4-10,16-17,21-24,27-32,34-37H,1-3H3. The molecule has 10 atom stereocenters. The number of benzene rings is 2. The zero-order valence-corrected chi connectivity index (χ0v) is 23.1. The number of hydrogen-bond donors (Lipinski definition) is 8. The maximum Gasteiger partial charge on any atom is 0.239 e. The van der Waals surface area contributed by atoms with Crippen LogP contribution in [0.3, 0.4) is 0 Å². The van der Waals surface area contributed by atoms with Crippen molar-refractivity contribution in [1.82, 2.24) is 0 Å². The van der Waals surface area contributed by atoms with E-state index >= 15 is 0 Å². The summed E-state index contributed by atoms with van der Waals surface area (Å²) in [6, 6.07) is 7.20. The number of methoxy groups -OCH3 is 1. The summed E-state index contributed by atoms with van der Waals surface area (Å²) in [6.07, 6.45) is -15.0. The number of phenols is 2. The number of aliphatic hydroxyl groups excluding tert-OH is 6. The van der Waals surface area contributed by atoms with Crippen LogP contribution >= 0.6 is 0 Å². The second-order valence-corrected chi connectivity index (χ2v) is 10.4. The fourth-order valence-electron chi connectivity index (χ4n) is 4.88. The topological polar surface area (TPSA) is 238 Å². The van der Waals surface area contributed by atoms with Gasteiger partial charge in [0, 0.05) is 11.6 Å². The predicted octanol–water partition coefficient (Wildman–Crippen LogP) is -0.708. The minimum Gasteiger partial charge on any atom is -0.504 e. The molecule has 0 amide bonds. The first-order valence-electron chi connectivity index (χ1n) is 13.3. The van der Waals surface area contributed by atoms with Crippen LogP contribution in [-0.4, -0.2) is 109 Å². The Morgan fingerprint density at radius 2 is 1.26 bits per heavy atom. The van der Waals surface area contributed by atoms with Gasteiger partial charge in [0.2, 0.25) is 29.5 Å². The van der Waals surface area contributed by atoms with E-state index in [0.717, 1.165) is 6.07 Å². The van der Waals surface area contributed by atoms with E-state index in [1.165, 1.54) is 33.1 Å². The molecule has 2 saturated heterocycles. The predicted molar refractivity (Wildman–Crippen MR) is 144 cm³/mol. The summed E-state index contributed by atoms with van der Waals surface area (Å²) in [5.74, 6) is -2.77. The van der Waals surface area contributed by atoms with Crippen molar-refractivity contribution >= 4 is 11.0 Å². The summed E-state index contributed by atoms with van der Waals surface area (Å²) < 4.78 is 33.3. The molecule has 2 aliphatic rings. The van der Waals surface area contributed by atoms with E-state index in [1.54, 1.807) is 12.1 Å². The molecule has 10 unspecified atom stereocenters. The monoisotopic (exact) mass is 608 g/mol. The number of ether oxygens (including phenoxy) is 5. The van der Waals surface area contributed by atoms with Crippen molar-refractivity contribution in [3.63, 3.8) is 0 Å². The van der Waals surface area contributed by atoms with Crippen LogP contribution in [0, 0.1) is 0 Å². The molecular weight excluding hydrogens is 576 g/mol. The van der Waals surface area contributed by atoms with Crippen molar-refractivity contribution in [2.75, 3.05) is 7.11 Å². The molecule has 0 saturated carbocycles. The second kappa shape index (κ2) is 11.8. The zero-order valence-electron chi connectivity index (χ0n) is 23.1. The molecule has 1 aromatic heterocycles. The highest BCUT2D eigenvalue weighted by Gasteiger charge is 2.45. The lowest BCUT2D eigenvalue weighted by molar-refractivity contribution is -0.268. The van der Waals surface area contributed by atoms with Gasteiger partial charge in [-0.1, -0.05) is 0 Å². The van der Waals surface area contributed by atoms with Gasteiger partial charge in [-0.25, -0.2) is 0 Å². The first kappa shape index (κ1) is 30.8. The number of phenolic OH excluding ortho intramolecular Hbond substituents is 2. The third kappa shape index (κ3) is 5.45. The molecule has 5 rings (SSSR count). The summed E-state index contributed by atoms with van der Waals surface area (Å²) in [4.78, 5) is 13.8. The Morgan fingerprint density at radius 1 is 0.721 bits per heavy atom. The number of fused-ring (bicyclic) bond motifs is 1. The summed E-state index contributed by atoms with van der Waals surface area (Å²) in [7, 11) is 1.45. The molecule has 2 fully saturated rings. The van der Waals surface area contributed by atoms with Gasteiger partial charge in [0.15, 0.2) is 17.3 Å². The van der Waals surface area contributed by atoms with Gasteiger partial charge in [0.05, 0.1) is 19.3 Å². The van der Waals surface area contributed by atoms with Gasteiger partial charge in [-0.15, -0.1) is 0 Å². The van der Waals surface area contributed by atoms with E-state index in [2.05, 4.69) is 0 Å². The average Bonchev–Trinajstić information content (AvgIpc) is 2.99. The maximum atomic E-state index is 13.8. The number of aliphatic hydroxyl groups is 6. The van der Waals surface area contributed by atoms with Crippen LogP contribution in [-0.2, 0) is 9.47 Å². The summed E-state index contributed by atoms with van der Waals surface area (Å²) in [5, 5.41) is 82.2. The molecule has 3 aromatic rings. The lowest BCUT2D eigenvalue weighted by Crippen LogP contribution is -2.58. The van der Waals surface area contributed by atoms with E-state index in [1.807, 2.05) is 0 Å². The lowest BCUT2D eigenvalue weighted by Gasteiger charge is -2.39. The normalized spacial score (nSPS) is 32.9. The lowest BCUT2D eigenvalue weighted by atomic mass is 10.00. The van der Waals surface area contributed by atoms with Gasteiger partial charge < -0.3 is 69.0 Å². The molecule has 3 heterocycles. The molecule has 2 aliphatic heterocycles. The molecule has 15 nitrogen and oxygen atoms in total. The van der Waals surface area contributed by atoms with Crippen LogP contribution in [0.15, 0.2) is 39.5 Å². The van der Waals surface area contributed by atoms with E-state index in [9.17, 15) is 45.6 Å². The zero-order chi connectivity index (χ0) is 31.3. The first-order valence-corrected chi connectivity index (χ1v) is 13.3. The molecular formula is C28H32O15. The van der Waals surface area contributed by atoms with E-state index in [0.29, 0.717) is 5.75 Å². The third-order valence-corrected chi connectivity index (χ3v) is 7.50. The van der Waals surface area contributed by atoms with Crippen LogP contribution in [0.5, 0.6) is 28.7 Å². The van der Waals surface area contributed by atoms with Crippen molar-refractivity contribution in [3.05, 3.63) is 40.6 Å². The van der Waals surface area contributed by atoms with Crippen LogP contribution < -0.4 is 19.6 Å². The van der Waals surface area contributed by atoms with Crippen molar-refractivity contribution in [2.24, 2.45) is 0 Å². The first-order chi connectivity index (χ1) is 20.3. The van der Waals surface area contributed by atoms with Crippen molar-refractivity contribution < 1.29 is 69.0 Å². The fourth-order valence-corrected chi connectivity index (χ4v) is 4.88. The highest BCUT2D eigenvalue weighted by molar-refractivity contribution is 5.91. The SMILES string of the molecule is COc1ccc(-c2oc3cc(OC4OC(C)C(O)C(O)C4O)c(O)c(O)c3c(=O)c2OC2OC(C)C(O)C(O)C2O)cc1. The average molecular weight is 609 g/mol. The molecule has 234 valence electrons. The van der Waals surface area contributed by atoms with Gasteiger partial charge in [-0.05, 0) is 38.1 Å². The Morgan fingerprint density at radius 3 is 1.79 bits per heavy atom. The molecule has 43 heavy (non-hydrogen) atoms. The fraction of sp³-hybridized carbons (Fsp3) is 0.464. The van der Waals surface area contributed by atoms with Crippen molar-refractivity contribution in [2.45, 2.75) is 75.3 Å². The molecule has 0 aliphatic carbocycles. The second-order valence-electron chi connectivity index (χ2n) is 10.4. The minimum atomic E-state index is -1.79. The van der Waals surface area contributed by atoms with Crippen LogP contribution in [0.25, 0.3) is 22.3 Å². The Kier molecular flexibility index (Phi) is 8.43. The van der Waals surface area contributed by atoms with Gasteiger partial charge >= 0.3 is 0 Å². The quantitative estimate of drug-likeness (QED) is 0.161. The molecule has 0 bridgehead atoms. The Hall–Kier alpha value is -3.67. The maximum absolute atomic E-state index is 13.8. The third-order valence-electron chi connectivity index (χ3n) is 7.50. The highest BCUT2D eigenvalue weighted by Crippen LogP contribution is 2.44. The van der Waals surface area contributed by atoms with Gasteiger partial charge in [0.1, 0.15) is 53.3 Å². The van der Waals surface area contributed by atoms with Gasteiger partial charge in [-0.3, -0.25) is 4.79 Å². The smallest absolute Gasteiger partial charge is 0.239 e. The van der Waals surface area contributed by atoms with Gasteiger partial charge in [0.25, 0.3) is 0 Å². The number of aromatic hydroxyl groups is 2. The van der Waals surface area contributed by atoms with Crippen LogP contribution in [0.1, 0.15) is 13.8 Å². The summed E-state index contributed by atoms with van der Waals surface area (Å²) in [6.45, 7) is 2.84. The Bertz CT molecular complexity index is 1520. The number of rotatable bonds is 6. The largest absolute Gasteiger partial charge is 0.504 e. The molecule has 15 heteroatoms. The van der Waals surface area contributed by atoms with Crippen LogP contribution in [0.4, 0.5) is 0 Å². The summed E-state index contributed by atoms with van der Waals surface area (Å²) in [5.41, 5.74) is -1.07. The molecule has 2 aromatic carbocycles. The van der Waals surface area contributed by atoms with Crippen LogP contribution in [0.2, 0.25) is 0 Å². The van der Waals surface area contributed by atoms with Crippen molar-refractivity contribution in [3.8, 4) is 40.1 Å². The Balaban J connectivity index is 1.63. The van der Waals surface area contributed by atoms with E-state index < -0.39 is 95.2 Å².